The van der Waals surface area contributed by atoms with Gasteiger partial charge in [-0.1, -0.05) is 258 Å². The van der Waals surface area contributed by atoms with E-state index >= 15 is 0 Å². The summed E-state index contributed by atoms with van der Waals surface area (Å²) >= 11 is 0. The second-order valence-corrected chi connectivity index (χ2v) is 24.7. The molecule has 2 N–H and O–H groups in total. The number of phosphoric acid groups is 1. The summed E-state index contributed by atoms with van der Waals surface area (Å²) in [6.07, 6.45) is 84.8. The highest BCUT2D eigenvalue weighted by Crippen LogP contribution is 2.43. The first kappa shape index (κ1) is 78.4. The average molecular weight is 1160 g/mol. The van der Waals surface area contributed by atoms with E-state index in [0.29, 0.717) is 23.9 Å². The molecule has 0 rings (SSSR count). The number of hydrogen-bond acceptors (Lipinski definition) is 6. The van der Waals surface area contributed by atoms with Gasteiger partial charge in [0.25, 0.3) is 0 Å². The topological polar surface area (TPSA) is 111 Å². The fourth-order valence-corrected chi connectivity index (χ4v) is 9.74. The third-order valence-corrected chi connectivity index (χ3v) is 15.1. The van der Waals surface area contributed by atoms with Crippen LogP contribution in [-0.4, -0.2) is 74.3 Å². The van der Waals surface area contributed by atoms with Crippen molar-refractivity contribution in [1.82, 2.24) is 5.32 Å². The van der Waals surface area contributed by atoms with Gasteiger partial charge in [0.15, 0.2) is 0 Å². The van der Waals surface area contributed by atoms with Gasteiger partial charge in [-0.3, -0.25) is 18.6 Å². The van der Waals surface area contributed by atoms with Gasteiger partial charge in [0.2, 0.25) is 5.91 Å². The number of nitrogens with zero attached hydrogens (tertiary/aromatic N) is 1. The maximum Gasteiger partial charge on any atom is 0.472 e. The van der Waals surface area contributed by atoms with E-state index in [4.69, 9.17) is 13.8 Å². The first-order valence-electron chi connectivity index (χ1n) is 33.4. The molecule has 470 valence electrons. The standard InChI is InChI=1S/C72H125N2O7P/c1-7-10-13-16-19-22-25-28-30-32-34-35-36-37-38-39-41-42-44-46-49-52-55-58-61-64-71(75)73-69(68-80-82(77,78)79-67-66-74(4,5)6)70(63-60-57-54-51-48-27-24-21-18-15-12-9-3)81-72(76)65-62-59-56-53-50-47-45-43-40-33-31-29-26-23-20-17-14-11-8-2/h11,14,19-20,22-23,28-31,34-35,37-38,40,43,47,50,60,63,69-70H,7-10,12-13,15-18,21,24-27,32-33,36,39,41-42,44-46,48-49,51-59,61-62,64-68H2,1-6H3,(H-,73,75,77,78)/p+1/b14-11-,22-19-,23-20-,30-28-,31-29-,35-34-,38-37-,43-40-,50-47-,63-60-. The fourth-order valence-electron chi connectivity index (χ4n) is 9.01. The Labute approximate surface area is 505 Å². The number of carbonyl (C=O) groups excluding carboxylic acids is 2. The Bertz CT molecular complexity index is 1820. The lowest BCUT2D eigenvalue weighted by Gasteiger charge is -2.27. The summed E-state index contributed by atoms with van der Waals surface area (Å²) in [5.74, 6) is -0.554. The summed E-state index contributed by atoms with van der Waals surface area (Å²) < 4.78 is 30.7. The minimum Gasteiger partial charge on any atom is -0.456 e. The van der Waals surface area contributed by atoms with E-state index in [0.717, 1.165) is 122 Å². The Kier molecular flexibility index (Phi) is 57.9. The van der Waals surface area contributed by atoms with Crippen LogP contribution in [0.4, 0.5) is 0 Å². The van der Waals surface area contributed by atoms with Gasteiger partial charge in [-0.2, -0.15) is 0 Å². The highest BCUT2D eigenvalue weighted by atomic mass is 31.2. The molecular weight excluding hydrogens is 1040 g/mol. The Balaban J connectivity index is 5.22. The van der Waals surface area contributed by atoms with Gasteiger partial charge < -0.3 is 19.4 Å². The summed E-state index contributed by atoms with van der Waals surface area (Å²) in [5.41, 5.74) is 0. The second-order valence-electron chi connectivity index (χ2n) is 23.3. The number of rotatable bonds is 59. The number of allylic oxidation sites excluding steroid dienone is 19. The van der Waals surface area contributed by atoms with E-state index in [-0.39, 0.29) is 31.5 Å². The number of amides is 1. The Hall–Kier alpha value is -3.59. The Morgan fingerprint density at radius 2 is 0.780 bits per heavy atom. The molecule has 0 aliphatic heterocycles. The van der Waals surface area contributed by atoms with Crippen LogP contribution in [0.3, 0.4) is 0 Å². The second kappa shape index (κ2) is 60.5. The van der Waals surface area contributed by atoms with Crippen LogP contribution in [0.1, 0.15) is 271 Å². The molecule has 9 nitrogen and oxygen atoms in total. The summed E-state index contributed by atoms with van der Waals surface area (Å²) in [5, 5.41) is 3.05. The molecule has 0 aromatic rings. The first-order chi connectivity index (χ1) is 39.9. The highest BCUT2D eigenvalue weighted by Gasteiger charge is 2.30. The Morgan fingerprint density at radius 3 is 1.21 bits per heavy atom. The first-order valence-corrected chi connectivity index (χ1v) is 34.9. The van der Waals surface area contributed by atoms with Crippen molar-refractivity contribution in [3.63, 3.8) is 0 Å². The smallest absolute Gasteiger partial charge is 0.456 e. The molecule has 1 amide bonds. The minimum absolute atomic E-state index is 0.0271. The molecule has 0 fully saturated rings. The van der Waals surface area contributed by atoms with Crippen LogP contribution in [0.2, 0.25) is 0 Å². The van der Waals surface area contributed by atoms with Gasteiger partial charge in [0, 0.05) is 12.8 Å². The number of phosphoric ester groups is 1. The number of hydrogen-bond donors (Lipinski definition) is 2. The molecule has 0 saturated carbocycles. The average Bonchev–Trinajstić information content (AvgIpc) is 3.44. The zero-order chi connectivity index (χ0) is 60.0. The largest absolute Gasteiger partial charge is 0.472 e. The van der Waals surface area contributed by atoms with Gasteiger partial charge in [-0.05, 0) is 122 Å². The molecule has 0 aliphatic carbocycles. The summed E-state index contributed by atoms with van der Waals surface area (Å²) in [6, 6.07) is -0.874. The molecule has 0 bridgehead atoms. The van der Waals surface area contributed by atoms with Gasteiger partial charge in [-0.15, -0.1) is 0 Å². The monoisotopic (exact) mass is 1160 g/mol. The van der Waals surface area contributed by atoms with Crippen molar-refractivity contribution in [2.45, 2.75) is 283 Å². The lowest BCUT2D eigenvalue weighted by molar-refractivity contribution is -0.870. The molecule has 3 unspecified atom stereocenters. The lowest BCUT2D eigenvalue weighted by Crippen LogP contribution is -2.47. The molecule has 0 saturated heterocycles. The summed E-state index contributed by atoms with van der Waals surface area (Å²) in [4.78, 5) is 37.8. The van der Waals surface area contributed by atoms with E-state index in [2.05, 4.69) is 135 Å². The molecular formula is C72H126N2O7P+. The number of ether oxygens (including phenoxy) is 1. The maximum atomic E-state index is 13.6. The van der Waals surface area contributed by atoms with Crippen LogP contribution in [0.15, 0.2) is 122 Å². The normalized spacial score (nSPS) is 14.4. The molecule has 0 aromatic heterocycles. The van der Waals surface area contributed by atoms with Crippen molar-refractivity contribution in [1.29, 1.82) is 0 Å². The number of likely N-dealkylation sites (N-methyl/N-ethyl adjacent to an activating group) is 1. The third kappa shape index (κ3) is 61.0. The van der Waals surface area contributed by atoms with Crippen LogP contribution in [0.5, 0.6) is 0 Å². The minimum atomic E-state index is -4.47. The molecule has 10 heteroatoms. The molecule has 3 atom stereocenters. The van der Waals surface area contributed by atoms with E-state index in [1.54, 1.807) is 0 Å². The number of unbranched alkanes of at least 4 members (excludes halogenated alkanes) is 25. The van der Waals surface area contributed by atoms with Crippen LogP contribution in [0, 0.1) is 0 Å². The van der Waals surface area contributed by atoms with Crippen molar-refractivity contribution in [2.75, 3.05) is 40.9 Å². The predicted molar refractivity (Wildman–Crippen MR) is 355 cm³/mol. The zero-order valence-corrected chi connectivity index (χ0v) is 54.6. The number of quaternary nitrogens is 1. The molecule has 0 spiro atoms. The quantitative estimate of drug-likeness (QED) is 0.0205. The summed E-state index contributed by atoms with van der Waals surface area (Å²) in [7, 11) is 1.46. The van der Waals surface area contributed by atoms with E-state index in [1.807, 2.05) is 33.3 Å². The van der Waals surface area contributed by atoms with E-state index < -0.39 is 20.0 Å². The van der Waals surface area contributed by atoms with E-state index in [1.165, 1.54) is 109 Å². The molecule has 0 aliphatic rings. The van der Waals surface area contributed by atoms with Crippen molar-refractivity contribution in [3.8, 4) is 0 Å². The van der Waals surface area contributed by atoms with Crippen molar-refractivity contribution >= 4 is 19.7 Å². The van der Waals surface area contributed by atoms with Crippen molar-refractivity contribution in [3.05, 3.63) is 122 Å². The maximum absolute atomic E-state index is 13.6. The van der Waals surface area contributed by atoms with E-state index in [9.17, 15) is 19.0 Å². The van der Waals surface area contributed by atoms with Crippen LogP contribution >= 0.6 is 7.82 Å². The third-order valence-electron chi connectivity index (χ3n) is 14.1. The molecule has 0 heterocycles. The van der Waals surface area contributed by atoms with Gasteiger partial charge in [0.05, 0.1) is 33.8 Å². The van der Waals surface area contributed by atoms with Crippen LogP contribution in [0.25, 0.3) is 0 Å². The summed E-state index contributed by atoms with van der Waals surface area (Å²) in [6.45, 7) is 6.84. The van der Waals surface area contributed by atoms with Gasteiger partial charge in [0.1, 0.15) is 19.3 Å². The lowest BCUT2D eigenvalue weighted by atomic mass is 10.0. The van der Waals surface area contributed by atoms with Gasteiger partial charge >= 0.3 is 13.8 Å². The fraction of sp³-hybridized carbons (Fsp3) is 0.694. The van der Waals surface area contributed by atoms with Crippen LogP contribution < -0.4 is 5.32 Å². The van der Waals surface area contributed by atoms with Gasteiger partial charge in [-0.25, -0.2) is 4.57 Å². The predicted octanol–water partition coefficient (Wildman–Crippen LogP) is 21.1. The van der Waals surface area contributed by atoms with Crippen molar-refractivity contribution < 1.29 is 37.3 Å². The number of nitrogens with one attached hydrogen (secondary N) is 1. The number of esters is 1. The Morgan fingerprint density at radius 1 is 0.439 bits per heavy atom. The molecule has 82 heavy (non-hydrogen) atoms. The van der Waals surface area contributed by atoms with Crippen molar-refractivity contribution in [2.24, 2.45) is 0 Å². The zero-order valence-electron chi connectivity index (χ0n) is 53.7. The SMILES string of the molecule is CC/C=C\C/C=C\C/C=C\C/C=C\C/C=C\CCCCCC(=O)OC(/C=C\CCCCCCCCCCCC)C(COP(=O)(O)OCC[N+](C)(C)C)NC(=O)CCCCCCCCCCC/C=C\C/C=C\C/C=C\C/C=C\CCCCC. The number of carbonyl (C=O) groups is 2. The molecule has 0 aromatic carbocycles. The highest BCUT2D eigenvalue weighted by molar-refractivity contribution is 7.47. The molecule has 0 radical (unpaired) electrons. The van der Waals surface area contributed by atoms with Crippen LogP contribution in [-0.2, 0) is 27.9 Å².